The van der Waals surface area contributed by atoms with Crippen LogP contribution >= 0.6 is 11.6 Å². The molecule has 9 heteroatoms. The fraction of sp³-hybridized carbons (Fsp3) is 0.185. The van der Waals surface area contributed by atoms with Gasteiger partial charge in [-0.3, -0.25) is 4.79 Å². The molecular formula is C27H25ClN6O2. The van der Waals surface area contributed by atoms with Crippen LogP contribution in [-0.2, 0) is 11.3 Å². The molecule has 4 rings (SSSR count). The smallest absolute Gasteiger partial charge is 0.261 e. The fourth-order valence-electron chi connectivity index (χ4n) is 3.63. The third kappa shape index (κ3) is 6.01. The van der Waals surface area contributed by atoms with Gasteiger partial charge in [-0.05, 0) is 49.8 Å². The SMILES string of the molecule is CCOc1ccc(-c2nn(-c3ccccc3)cc2/C=C(/C#N)C(=O)NCCCn2ccnc2)cc1Cl. The number of rotatable bonds is 10. The maximum absolute atomic E-state index is 12.7. The lowest BCUT2D eigenvalue weighted by Crippen LogP contribution is -2.26. The lowest BCUT2D eigenvalue weighted by atomic mass is 10.1. The van der Waals surface area contributed by atoms with E-state index >= 15 is 0 Å². The third-order valence-electron chi connectivity index (χ3n) is 5.37. The molecule has 2 aromatic heterocycles. The molecule has 0 saturated carbocycles. The molecule has 2 aromatic carbocycles. The van der Waals surface area contributed by atoms with Gasteiger partial charge in [0.05, 0.1) is 23.6 Å². The van der Waals surface area contributed by atoms with Crippen molar-refractivity contribution in [3.63, 3.8) is 0 Å². The van der Waals surface area contributed by atoms with Gasteiger partial charge in [0.1, 0.15) is 23.1 Å². The number of hydrogen-bond donors (Lipinski definition) is 1. The summed E-state index contributed by atoms with van der Waals surface area (Å²) in [6.45, 7) is 3.54. The molecular weight excluding hydrogens is 476 g/mol. The van der Waals surface area contributed by atoms with E-state index in [9.17, 15) is 10.1 Å². The van der Waals surface area contributed by atoms with Crippen molar-refractivity contribution in [3.8, 4) is 28.8 Å². The maximum atomic E-state index is 12.7. The minimum atomic E-state index is -0.439. The number of aromatic nitrogens is 4. The van der Waals surface area contributed by atoms with Gasteiger partial charge in [0.2, 0.25) is 0 Å². The number of carbonyl (C=O) groups excluding carboxylic acids is 1. The Hall–Kier alpha value is -4.35. The van der Waals surface area contributed by atoms with Gasteiger partial charge in [-0.2, -0.15) is 10.4 Å². The quantitative estimate of drug-likeness (QED) is 0.190. The minimum absolute atomic E-state index is 0.0106. The van der Waals surface area contributed by atoms with Gasteiger partial charge in [-0.25, -0.2) is 9.67 Å². The summed E-state index contributed by atoms with van der Waals surface area (Å²) >= 11 is 6.43. The van der Waals surface area contributed by atoms with Crippen LogP contribution in [0.5, 0.6) is 5.75 Å². The lowest BCUT2D eigenvalue weighted by Gasteiger charge is -2.07. The monoisotopic (exact) mass is 500 g/mol. The van der Waals surface area contributed by atoms with Crippen molar-refractivity contribution in [2.45, 2.75) is 19.9 Å². The van der Waals surface area contributed by atoms with Crippen molar-refractivity contribution in [2.24, 2.45) is 0 Å². The first-order chi connectivity index (χ1) is 17.6. The predicted molar refractivity (Wildman–Crippen MR) is 139 cm³/mol. The summed E-state index contributed by atoms with van der Waals surface area (Å²) in [6, 6.07) is 17.0. The Balaban J connectivity index is 1.61. The Kier molecular flexibility index (Phi) is 8.16. The van der Waals surface area contributed by atoms with Crippen LogP contribution in [0.15, 0.2) is 79.0 Å². The molecule has 0 unspecified atom stereocenters. The topological polar surface area (TPSA) is 97.8 Å². The zero-order valence-electron chi connectivity index (χ0n) is 19.8. The van der Waals surface area contributed by atoms with Crippen LogP contribution in [0.4, 0.5) is 0 Å². The lowest BCUT2D eigenvalue weighted by molar-refractivity contribution is -0.117. The number of aryl methyl sites for hydroxylation is 1. The first-order valence-corrected chi connectivity index (χ1v) is 11.9. The minimum Gasteiger partial charge on any atom is -0.492 e. The predicted octanol–water partition coefficient (Wildman–Crippen LogP) is 4.90. The van der Waals surface area contributed by atoms with Gasteiger partial charge in [0, 0.05) is 42.8 Å². The summed E-state index contributed by atoms with van der Waals surface area (Å²) in [5.41, 5.74) is 2.78. The number of carbonyl (C=O) groups is 1. The zero-order chi connectivity index (χ0) is 25.3. The second kappa shape index (κ2) is 11.9. The normalized spacial score (nSPS) is 11.2. The van der Waals surface area contributed by atoms with E-state index in [0.29, 0.717) is 41.6 Å². The molecule has 0 fully saturated rings. The summed E-state index contributed by atoms with van der Waals surface area (Å²) < 4.78 is 9.19. The highest BCUT2D eigenvalue weighted by Gasteiger charge is 2.16. The average Bonchev–Trinajstić information content (AvgIpc) is 3.57. The average molecular weight is 501 g/mol. The van der Waals surface area contributed by atoms with Crippen molar-refractivity contribution in [1.29, 1.82) is 5.26 Å². The zero-order valence-corrected chi connectivity index (χ0v) is 20.5. The van der Waals surface area contributed by atoms with Crippen LogP contribution in [0.3, 0.4) is 0 Å². The molecule has 0 bridgehead atoms. The van der Waals surface area contributed by atoms with Gasteiger partial charge in [-0.1, -0.05) is 29.8 Å². The number of hydrogen-bond acceptors (Lipinski definition) is 5. The van der Waals surface area contributed by atoms with E-state index < -0.39 is 5.91 Å². The highest BCUT2D eigenvalue weighted by molar-refractivity contribution is 6.32. The number of nitrogens with one attached hydrogen (secondary N) is 1. The number of para-hydroxylation sites is 1. The molecule has 0 aliphatic rings. The Morgan fingerprint density at radius 3 is 2.78 bits per heavy atom. The van der Waals surface area contributed by atoms with E-state index in [-0.39, 0.29) is 5.57 Å². The number of nitrogens with zero attached hydrogens (tertiary/aromatic N) is 5. The van der Waals surface area contributed by atoms with E-state index in [1.807, 2.05) is 60.2 Å². The molecule has 36 heavy (non-hydrogen) atoms. The molecule has 1 N–H and O–H groups in total. The molecule has 0 radical (unpaired) electrons. The summed E-state index contributed by atoms with van der Waals surface area (Å²) in [4.78, 5) is 16.8. The maximum Gasteiger partial charge on any atom is 0.261 e. The number of nitriles is 1. The highest BCUT2D eigenvalue weighted by Crippen LogP contribution is 2.32. The van der Waals surface area contributed by atoms with Crippen LogP contribution in [-0.4, -0.2) is 38.4 Å². The summed E-state index contributed by atoms with van der Waals surface area (Å²) in [5.74, 6) is 0.140. The number of amides is 1. The van der Waals surface area contributed by atoms with Crippen molar-refractivity contribution in [1.82, 2.24) is 24.6 Å². The van der Waals surface area contributed by atoms with E-state index in [4.69, 9.17) is 21.4 Å². The molecule has 0 spiro atoms. The Labute approximate surface area is 214 Å². The number of benzene rings is 2. The van der Waals surface area contributed by atoms with Crippen molar-refractivity contribution < 1.29 is 9.53 Å². The number of imidazole rings is 1. The second-order valence-electron chi connectivity index (χ2n) is 7.87. The van der Waals surface area contributed by atoms with E-state index in [1.54, 1.807) is 41.6 Å². The first-order valence-electron chi connectivity index (χ1n) is 11.5. The van der Waals surface area contributed by atoms with Crippen LogP contribution in [0, 0.1) is 11.3 Å². The molecule has 8 nitrogen and oxygen atoms in total. The van der Waals surface area contributed by atoms with Gasteiger partial charge >= 0.3 is 0 Å². The highest BCUT2D eigenvalue weighted by atomic mass is 35.5. The van der Waals surface area contributed by atoms with Crippen molar-refractivity contribution >= 4 is 23.6 Å². The molecule has 0 aliphatic carbocycles. The van der Waals surface area contributed by atoms with Gasteiger partial charge in [0.15, 0.2) is 0 Å². The molecule has 0 saturated heterocycles. The van der Waals surface area contributed by atoms with Crippen LogP contribution in [0.2, 0.25) is 5.02 Å². The molecule has 2 heterocycles. The summed E-state index contributed by atoms with van der Waals surface area (Å²) in [7, 11) is 0. The van der Waals surface area contributed by atoms with Gasteiger partial charge in [-0.15, -0.1) is 0 Å². The Bertz CT molecular complexity index is 1390. The Morgan fingerprint density at radius 2 is 2.08 bits per heavy atom. The molecule has 182 valence electrons. The van der Waals surface area contributed by atoms with Gasteiger partial charge in [0.25, 0.3) is 5.91 Å². The third-order valence-corrected chi connectivity index (χ3v) is 5.67. The molecule has 1 amide bonds. The van der Waals surface area contributed by atoms with Gasteiger partial charge < -0.3 is 14.6 Å². The van der Waals surface area contributed by atoms with Crippen LogP contribution < -0.4 is 10.1 Å². The van der Waals surface area contributed by atoms with E-state index in [1.165, 1.54) is 0 Å². The van der Waals surface area contributed by atoms with Crippen LogP contribution in [0.1, 0.15) is 18.9 Å². The van der Waals surface area contributed by atoms with E-state index in [2.05, 4.69) is 10.3 Å². The summed E-state index contributed by atoms with van der Waals surface area (Å²) in [5, 5.41) is 17.7. The largest absolute Gasteiger partial charge is 0.492 e. The molecule has 4 aromatic rings. The number of ether oxygens (including phenoxy) is 1. The summed E-state index contributed by atoms with van der Waals surface area (Å²) in [6.07, 6.45) is 9.35. The first kappa shape index (κ1) is 24.8. The standard InChI is InChI=1S/C27H25ClN6O2/c1-2-36-25-10-9-20(16-24(25)28)26-22(18-34(32-26)23-7-4-3-5-8-23)15-21(17-29)27(35)31-11-6-13-33-14-12-30-19-33/h3-5,7-10,12,14-16,18-19H,2,6,11,13H2,1H3,(H,31,35)/b21-15-. The Morgan fingerprint density at radius 1 is 1.25 bits per heavy atom. The number of halogens is 1. The second-order valence-corrected chi connectivity index (χ2v) is 8.28. The molecule has 0 atom stereocenters. The fourth-order valence-corrected chi connectivity index (χ4v) is 3.87. The molecule has 0 aliphatic heterocycles. The van der Waals surface area contributed by atoms with Crippen LogP contribution in [0.25, 0.3) is 23.0 Å². The van der Waals surface area contributed by atoms with Crippen molar-refractivity contribution in [3.05, 3.63) is 89.6 Å². The van der Waals surface area contributed by atoms with E-state index in [0.717, 1.165) is 17.8 Å². The van der Waals surface area contributed by atoms with Crippen molar-refractivity contribution in [2.75, 3.05) is 13.2 Å².